The van der Waals surface area contributed by atoms with E-state index in [9.17, 15) is 0 Å². The molecule has 0 aromatic heterocycles. The third-order valence-corrected chi connectivity index (χ3v) is 0.556. The second kappa shape index (κ2) is 9.18. The van der Waals surface area contributed by atoms with E-state index in [0.29, 0.717) is 0 Å². The minimum Gasteiger partial charge on any atom is -0.464 e. The summed E-state index contributed by atoms with van der Waals surface area (Å²) < 4.78 is 0. The van der Waals surface area contributed by atoms with Gasteiger partial charge in [-0.3, -0.25) is 7.05 Å². The summed E-state index contributed by atoms with van der Waals surface area (Å²) in [6.45, 7) is 0. The van der Waals surface area contributed by atoms with E-state index >= 15 is 0 Å². The van der Waals surface area contributed by atoms with Crippen molar-refractivity contribution in [2.75, 3.05) is 14.1 Å². The van der Waals surface area contributed by atoms with Crippen LogP contribution in [0.3, 0.4) is 0 Å². The fourth-order valence-electron chi connectivity index (χ4n) is 0.321. The summed E-state index contributed by atoms with van der Waals surface area (Å²) in [5.41, 5.74) is 0. The molecular formula is C8H13HfN-2. The molecule has 10 heavy (non-hydrogen) atoms. The smallest absolute Gasteiger partial charge is 0 e. The fourth-order valence-corrected chi connectivity index (χ4v) is 0.321. The van der Waals surface area contributed by atoms with Gasteiger partial charge in [0, 0.05) is 25.8 Å². The monoisotopic (exact) mass is 303 g/mol. The normalized spacial score (nSPS) is 7.60. The summed E-state index contributed by atoms with van der Waals surface area (Å²) in [6, 6.07) is 10.0. The predicted octanol–water partition coefficient (Wildman–Crippen LogP) is 1.74. The molecule has 0 amide bonds. The quantitative estimate of drug-likeness (QED) is 0.521. The molecule has 2 heteroatoms. The minimum absolute atomic E-state index is 0. The Morgan fingerprint density at radius 1 is 1.20 bits per heavy atom. The van der Waals surface area contributed by atoms with Gasteiger partial charge < -0.3 is 4.90 Å². The maximum Gasteiger partial charge on any atom is 0 e. The van der Waals surface area contributed by atoms with Gasteiger partial charge in [0.15, 0.2) is 0 Å². The summed E-state index contributed by atoms with van der Waals surface area (Å²) in [5.74, 6) is 0. The predicted molar refractivity (Wildman–Crippen MR) is 41.1 cm³/mol. The van der Waals surface area contributed by atoms with Crippen molar-refractivity contribution in [3.05, 3.63) is 37.4 Å². The molecule has 0 saturated carbocycles. The standard InChI is InChI=1S/C5H5.C3H8N.Hf/c1-2-4-5-3-1;1-4(2)3;/h1-5H;1H2,2-3H3;/q2*-1;. The van der Waals surface area contributed by atoms with Crippen LogP contribution in [-0.2, 0) is 25.8 Å². The molecule has 0 N–H and O–H groups in total. The second-order valence-corrected chi connectivity index (χ2v) is 2.04. The maximum absolute atomic E-state index is 3.47. The molecule has 1 rings (SSSR count). The Kier molecular flexibility index (Phi) is 11.8. The number of hydrogen-bond acceptors (Lipinski definition) is 1. The third kappa shape index (κ3) is 15.7. The first-order chi connectivity index (χ1) is 4.23. The van der Waals surface area contributed by atoms with Gasteiger partial charge in [-0.05, 0) is 14.1 Å². The van der Waals surface area contributed by atoms with Crippen molar-refractivity contribution in [2.45, 2.75) is 0 Å². The van der Waals surface area contributed by atoms with E-state index < -0.39 is 0 Å². The van der Waals surface area contributed by atoms with Crippen LogP contribution in [0.4, 0.5) is 0 Å². The fraction of sp³-hybridized carbons (Fsp3) is 0.250. The average Bonchev–Trinajstić information content (AvgIpc) is 2.11. The third-order valence-electron chi connectivity index (χ3n) is 0.556. The Morgan fingerprint density at radius 3 is 1.60 bits per heavy atom. The molecule has 0 aliphatic rings. The van der Waals surface area contributed by atoms with Crippen LogP contribution in [0.1, 0.15) is 0 Å². The Hall–Kier alpha value is 0.180. The zero-order chi connectivity index (χ0) is 7.11. The molecule has 0 fully saturated rings. The van der Waals surface area contributed by atoms with Crippen LogP contribution in [0, 0.1) is 7.05 Å². The number of hydrogen-bond donors (Lipinski definition) is 0. The van der Waals surface area contributed by atoms with Gasteiger partial charge in [0.05, 0.1) is 0 Å². The van der Waals surface area contributed by atoms with Gasteiger partial charge in [0.25, 0.3) is 0 Å². The topological polar surface area (TPSA) is 3.24 Å². The first-order valence-corrected chi connectivity index (χ1v) is 2.88. The summed E-state index contributed by atoms with van der Waals surface area (Å²) in [6.07, 6.45) is 0. The number of nitrogens with zero attached hydrogens (tertiary/aromatic N) is 1. The van der Waals surface area contributed by atoms with Crippen molar-refractivity contribution in [2.24, 2.45) is 0 Å². The molecular weight excluding hydrogens is 289 g/mol. The van der Waals surface area contributed by atoms with Crippen LogP contribution in [0.25, 0.3) is 0 Å². The largest absolute Gasteiger partial charge is 0.464 e. The van der Waals surface area contributed by atoms with E-state index in [1.54, 1.807) is 4.90 Å². The van der Waals surface area contributed by atoms with Crippen LogP contribution in [0.5, 0.6) is 0 Å². The molecule has 0 aliphatic heterocycles. The van der Waals surface area contributed by atoms with Gasteiger partial charge in [0.1, 0.15) is 0 Å². The molecule has 0 aliphatic carbocycles. The van der Waals surface area contributed by atoms with E-state index in [4.69, 9.17) is 0 Å². The van der Waals surface area contributed by atoms with Crippen LogP contribution in [0.2, 0.25) is 0 Å². The van der Waals surface area contributed by atoms with E-state index in [-0.39, 0.29) is 25.8 Å². The zero-order valence-corrected chi connectivity index (χ0v) is 10.1. The molecule has 0 bridgehead atoms. The molecule has 0 heterocycles. The molecule has 0 saturated heterocycles. The molecule has 0 radical (unpaired) electrons. The molecule has 1 aromatic rings. The average molecular weight is 302 g/mol. The zero-order valence-electron chi connectivity index (χ0n) is 6.54. The van der Waals surface area contributed by atoms with Gasteiger partial charge in [-0.1, -0.05) is 0 Å². The van der Waals surface area contributed by atoms with Crippen LogP contribution in [-0.4, -0.2) is 19.0 Å². The minimum atomic E-state index is 0. The Labute approximate surface area is 82.2 Å². The first kappa shape index (κ1) is 12.8. The van der Waals surface area contributed by atoms with Gasteiger partial charge in [-0.2, -0.15) is 18.2 Å². The van der Waals surface area contributed by atoms with E-state index in [1.807, 2.05) is 44.4 Å². The van der Waals surface area contributed by atoms with Gasteiger partial charge >= 0.3 is 0 Å². The summed E-state index contributed by atoms with van der Waals surface area (Å²) in [4.78, 5) is 1.75. The Bertz CT molecular complexity index is 92.8. The molecule has 56 valence electrons. The van der Waals surface area contributed by atoms with Crippen LogP contribution >= 0.6 is 0 Å². The van der Waals surface area contributed by atoms with Crippen molar-refractivity contribution in [3.8, 4) is 0 Å². The Morgan fingerprint density at radius 2 is 1.50 bits per heavy atom. The van der Waals surface area contributed by atoms with Crippen molar-refractivity contribution in [1.29, 1.82) is 0 Å². The van der Waals surface area contributed by atoms with E-state index in [0.717, 1.165) is 0 Å². The van der Waals surface area contributed by atoms with Crippen molar-refractivity contribution < 1.29 is 25.8 Å². The summed E-state index contributed by atoms with van der Waals surface area (Å²) in [7, 11) is 7.25. The molecule has 0 unspecified atom stereocenters. The molecule has 1 aromatic carbocycles. The molecule has 1 nitrogen and oxygen atoms in total. The summed E-state index contributed by atoms with van der Waals surface area (Å²) in [5, 5.41) is 0. The van der Waals surface area contributed by atoms with Gasteiger partial charge in [0.2, 0.25) is 0 Å². The molecule has 0 atom stereocenters. The van der Waals surface area contributed by atoms with Gasteiger partial charge in [-0.15, -0.1) is 0 Å². The maximum atomic E-state index is 3.47. The van der Waals surface area contributed by atoms with Crippen molar-refractivity contribution in [1.82, 2.24) is 4.90 Å². The SMILES string of the molecule is [CH2-]N(C)C.[Hf].c1cc[cH-]c1. The Balaban J connectivity index is 0. The van der Waals surface area contributed by atoms with Crippen LogP contribution in [0.15, 0.2) is 30.3 Å². The van der Waals surface area contributed by atoms with E-state index in [1.165, 1.54) is 0 Å². The van der Waals surface area contributed by atoms with Crippen LogP contribution < -0.4 is 0 Å². The van der Waals surface area contributed by atoms with E-state index in [2.05, 4.69) is 7.05 Å². The molecule has 0 spiro atoms. The number of rotatable bonds is 0. The van der Waals surface area contributed by atoms with Crippen molar-refractivity contribution in [3.63, 3.8) is 0 Å². The van der Waals surface area contributed by atoms with Crippen molar-refractivity contribution >= 4 is 0 Å². The summed E-state index contributed by atoms with van der Waals surface area (Å²) >= 11 is 0. The second-order valence-electron chi connectivity index (χ2n) is 2.04. The van der Waals surface area contributed by atoms with Gasteiger partial charge in [-0.25, -0.2) is 12.1 Å². The first-order valence-electron chi connectivity index (χ1n) is 2.88.